The number of anilines is 1. The van der Waals surface area contributed by atoms with Gasteiger partial charge in [-0.15, -0.1) is 11.3 Å². The monoisotopic (exact) mass is 505 g/mol. The molecule has 1 aliphatic heterocycles. The summed E-state index contributed by atoms with van der Waals surface area (Å²) in [4.78, 5) is 28.2. The van der Waals surface area contributed by atoms with Crippen molar-refractivity contribution in [2.45, 2.75) is 26.4 Å². The van der Waals surface area contributed by atoms with Gasteiger partial charge < -0.3 is 20.2 Å². The minimum Gasteiger partial charge on any atom is -0.386 e. The highest BCUT2D eigenvalue weighted by molar-refractivity contribution is 7.13. The Kier molecular flexibility index (Phi) is 6.74. The zero-order chi connectivity index (χ0) is 25.3. The summed E-state index contributed by atoms with van der Waals surface area (Å²) in [6.07, 6.45) is 3.62. The maximum absolute atomic E-state index is 13.1. The van der Waals surface area contributed by atoms with E-state index >= 15 is 0 Å². The molecule has 5 rings (SSSR count). The molecule has 36 heavy (non-hydrogen) atoms. The summed E-state index contributed by atoms with van der Waals surface area (Å²) in [5.41, 5.74) is 2.68. The molecule has 0 aromatic carbocycles. The van der Waals surface area contributed by atoms with Crippen molar-refractivity contribution >= 4 is 28.7 Å². The third-order valence-corrected chi connectivity index (χ3v) is 7.38. The number of carbonyl (C=O) groups is 1. The number of nitrogens with one attached hydrogen (secondary N) is 1. The highest BCUT2D eigenvalue weighted by atomic mass is 32.1. The average molecular weight is 506 g/mol. The molecule has 9 nitrogen and oxygen atoms in total. The van der Waals surface area contributed by atoms with Crippen molar-refractivity contribution in [3.8, 4) is 21.8 Å². The lowest BCUT2D eigenvalue weighted by molar-refractivity contribution is 0.0305. The van der Waals surface area contributed by atoms with Crippen LogP contribution >= 0.6 is 11.3 Å². The van der Waals surface area contributed by atoms with Gasteiger partial charge in [-0.25, -0.2) is 14.5 Å². The Morgan fingerprint density at radius 1 is 1.19 bits per heavy atom. The molecule has 1 saturated heterocycles. The van der Waals surface area contributed by atoms with E-state index in [1.54, 1.807) is 41.1 Å². The van der Waals surface area contributed by atoms with E-state index in [9.17, 15) is 9.90 Å². The molecule has 0 spiro atoms. The van der Waals surface area contributed by atoms with E-state index in [0.717, 1.165) is 35.8 Å². The van der Waals surface area contributed by atoms with Crippen LogP contribution in [0.15, 0.2) is 48.1 Å². The fraction of sp³-hybridized carbons (Fsp3) is 0.385. The number of amides is 1. The summed E-state index contributed by atoms with van der Waals surface area (Å²) in [6, 6.07) is 9.57. The molecule has 1 amide bonds. The molecule has 10 heteroatoms. The Balaban J connectivity index is 1.49. The van der Waals surface area contributed by atoms with E-state index in [-0.39, 0.29) is 5.91 Å². The number of aromatic nitrogens is 4. The fourth-order valence-electron chi connectivity index (χ4n) is 4.47. The molecule has 1 aliphatic rings. The summed E-state index contributed by atoms with van der Waals surface area (Å²) < 4.78 is 1.72. The quantitative estimate of drug-likeness (QED) is 0.361. The molecule has 0 unspecified atom stereocenters. The minimum atomic E-state index is -0.758. The first kappa shape index (κ1) is 24.4. The minimum absolute atomic E-state index is 0.150. The first-order valence-corrected chi connectivity index (χ1v) is 13.1. The van der Waals surface area contributed by atoms with Gasteiger partial charge in [0.15, 0.2) is 5.65 Å². The number of fused-ring (bicyclic) bond motifs is 1. The van der Waals surface area contributed by atoms with Gasteiger partial charge in [0.05, 0.1) is 33.6 Å². The number of nitrogens with zero attached hydrogens (tertiary/aromatic N) is 6. The molecule has 1 fully saturated rings. The Morgan fingerprint density at radius 3 is 2.69 bits per heavy atom. The average Bonchev–Trinajstić information content (AvgIpc) is 3.54. The Morgan fingerprint density at radius 2 is 2.00 bits per heavy atom. The summed E-state index contributed by atoms with van der Waals surface area (Å²) in [5.74, 6) is 0.504. The van der Waals surface area contributed by atoms with E-state index in [1.165, 1.54) is 0 Å². The van der Waals surface area contributed by atoms with Crippen LogP contribution in [0.3, 0.4) is 0 Å². The van der Waals surface area contributed by atoms with E-state index in [2.05, 4.69) is 29.2 Å². The second kappa shape index (κ2) is 9.96. The topological polar surface area (TPSA) is 98.9 Å². The SMILES string of the molecule is CCN(CC)CCNC(=O)c1cc(-c2cnn3ccc(-c4cccs4)nc23)nc(N2CC(C)(O)C2)c1. The lowest BCUT2D eigenvalue weighted by Crippen LogP contribution is -2.60. The molecular formula is C26H31N7O2S. The van der Waals surface area contributed by atoms with Gasteiger partial charge in [0.25, 0.3) is 5.91 Å². The van der Waals surface area contributed by atoms with Crippen LogP contribution in [0.2, 0.25) is 0 Å². The number of β-amino-alcohol motifs (C(OH)–C–C–N with tert-alkyl or cyclic N) is 1. The number of aliphatic hydroxyl groups is 1. The standard InChI is InChI=1S/C26H31N7O2S/c1-4-31(5-2)11-9-27-25(34)18-13-21(29-23(14-18)32-16-26(3,35)17-32)19-15-28-33-10-8-20(30-24(19)33)22-7-6-12-36-22/h6-8,10,12-15,35H,4-5,9,11,16-17H2,1-3H3,(H,27,34). The number of thiophene rings is 1. The van der Waals surface area contributed by atoms with Gasteiger partial charge in [-0.1, -0.05) is 19.9 Å². The molecule has 0 saturated carbocycles. The maximum Gasteiger partial charge on any atom is 0.251 e. The van der Waals surface area contributed by atoms with Crippen LogP contribution in [-0.4, -0.2) is 80.4 Å². The number of carbonyl (C=O) groups excluding carboxylic acids is 1. The second-order valence-electron chi connectivity index (χ2n) is 9.35. The first-order chi connectivity index (χ1) is 17.4. The number of likely N-dealkylation sites (N-methyl/N-ethyl adjacent to an activating group) is 1. The molecule has 0 atom stereocenters. The molecule has 5 heterocycles. The van der Waals surface area contributed by atoms with Crippen LogP contribution in [0.5, 0.6) is 0 Å². The van der Waals surface area contributed by atoms with E-state index in [1.807, 2.05) is 34.7 Å². The van der Waals surface area contributed by atoms with Crippen molar-refractivity contribution in [1.29, 1.82) is 0 Å². The highest BCUT2D eigenvalue weighted by Crippen LogP contribution is 2.31. The number of hydrogen-bond donors (Lipinski definition) is 2. The van der Waals surface area contributed by atoms with Gasteiger partial charge in [0, 0.05) is 37.9 Å². The van der Waals surface area contributed by atoms with Crippen LogP contribution in [0.4, 0.5) is 5.82 Å². The highest BCUT2D eigenvalue weighted by Gasteiger charge is 2.37. The summed E-state index contributed by atoms with van der Waals surface area (Å²) >= 11 is 1.63. The molecular weight excluding hydrogens is 474 g/mol. The van der Waals surface area contributed by atoms with Crippen molar-refractivity contribution in [3.63, 3.8) is 0 Å². The smallest absolute Gasteiger partial charge is 0.251 e. The lowest BCUT2D eigenvalue weighted by atomic mass is 9.96. The zero-order valence-electron chi connectivity index (χ0n) is 20.8. The van der Waals surface area contributed by atoms with Crippen molar-refractivity contribution in [2.75, 3.05) is 44.2 Å². The molecule has 4 aromatic heterocycles. The predicted octanol–water partition coefficient (Wildman–Crippen LogP) is 3.16. The van der Waals surface area contributed by atoms with Crippen molar-refractivity contribution in [2.24, 2.45) is 0 Å². The Labute approximate surface area is 214 Å². The number of pyridine rings is 1. The maximum atomic E-state index is 13.1. The van der Waals surface area contributed by atoms with Gasteiger partial charge in [-0.05, 0) is 49.7 Å². The van der Waals surface area contributed by atoms with Gasteiger partial charge in [0.1, 0.15) is 5.82 Å². The zero-order valence-corrected chi connectivity index (χ0v) is 21.6. The van der Waals surface area contributed by atoms with Gasteiger partial charge in [0.2, 0.25) is 0 Å². The lowest BCUT2D eigenvalue weighted by Gasteiger charge is -2.45. The van der Waals surface area contributed by atoms with Crippen LogP contribution < -0.4 is 10.2 Å². The number of rotatable bonds is 9. The van der Waals surface area contributed by atoms with Crippen molar-refractivity contribution in [1.82, 2.24) is 29.8 Å². The van der Waals surface area contributed by atoms with E-state index in [0.29, 0.717) is 42.4 Å². The summed E-state index contributed by atoms with van der Waals surface area (Å²) in [5, 5.41) is 19.8. The molecule has 0 bridgehead atoms. The van der Waals surface area contributed by atoms with E-state index in [4.69, 9.17) is 9.97 Å². The second-order valence-corrected chi connectivity index (χ2v) is 10.3. The van der Waals surface area contributed by atoms with Crippen LogP contribution in [0.25, 0.3) is 27.5 Å². The Hall–Kier alpha value is -3.34. The number of hydrogen-bond acceptors (Lipinski definition) is 8. The fourth-order valence-corrected chi connectivity index (χ4v) is 5.16. The summed E-state index contributed by atoms with van der Waals surface area (Å²) in [7, 11) is 0. The van der Waals surface area contributed by atoms with Crippen molar-refractivity contribution < 1.29 is 9.90 Å². The van der Waals surface area contributed by atoms with Gasteiger partial charge >= 0.3 is 0 Å². The molecule has 188 valence electrons. The molecule has 2 N–H and O–H groups in total. The Bertz CT molecular complexity index is 1350. The van der Waals surface area contributed by atoms with Crippen LogP contribution in [0, 0.1) is 0 Å². The van der Waals surface area contributed by atoms with E-state index < -0.39 is 5.60 Å². The third kappa shape index (κ3) is 4.97. The molecule has 4 aromatic rings. The first-order valence-electron chi connectivity index (χ1n) is 12.3. The van der Waals surface area contributed by atoms with Gasteiger partial charge in [-0.3, -0.25) is 4.79 Å². The largest absolute Gasteiger partial charge is 0.386 e. The van der Waals surface area contributed by atoms with Crippen LogP contribution in [0.1, 0.15) is 31.1 Å². The summed E-state index contributed by atoms with van der Waals surface area (Å²) in [6.45, 7) is 10.2. The third-order valence-electron chi connectivity index (χ3n) is 6.49. The van der Waals surface area contributed by atoms with Crippen molar-refractivity contribution in [3.05, 3.63) is 53.7 Å². The molecule has 0 radical (unpaired) electrons. The molecule has 0 aliphatic carbocycles. The normalized spacial score (nSPS) is 14.9. The van der Waals surface area contributed by atoms with Gasteiger partial charge in [-0.2, -0.15) is 5.10 Å². The van der Waals surface area contributed by atoms with Crippen LogP contribution in [-0.2, 0) is 0 Å². The predicted molar refractivity (Wildman–Crippen MR) is 142 cm³/mol.